The van der Waals surface area contributed by atoms with Gasteiger partial charge in [0.15, 0.2) is 0 Å². The van der Waals surface area contributed by atoms with Gasteiger partial charge >= 0.3 is 5.97 Å². The lowest BCUT2D eigenvalue weighted by Gasteiger charge is -2.11. The minimum atomic E-state index is -0.224. The molecule has 1 aromatic carbocycles. The fourth-order valence-electron chi connectivity index (χ4n) is 2.14. The number of rotatable bonds is 6. The highest BCUT2D eigenvalue weighted by Crippen LogP contribution is 2.21. The number of carbonyl (C=O) groups is 1. The van der Waals surface area contributed by atoms with E-state index in [2.05, 4.69) is 4.98 Å². The van der Waals surface area contributed by atoms with Gasteiger partial charge in [0, 0.05) is 25.4 Å². The van der Waals surface area contributed by atoms with Crippen LogP contribution >= 0.6 is 0 Å². The van der Waals surface area contributed by atoms with E-state index < -0.39 is 0 Å². The number of ether oxygens (including phenoxy) is 1. The van der Waals surface area contributed by atoms with Crippen molar-refractivity contribution in [3.05, 3.63) is 42.0 Å². The lowest BCUT2D eigenvalue weighted by molar-refractivity contribution is -0.143. The molecule has 0 saturated heterocycles. The topological polar surface area (TPSA) is 96.2 Å². The summed E-state index contributed by atoms with van der Waals surface area (Å²) >= 11 is 0. The van der Waals surface area contributed by atoms with Crippen LogP contribution in [0.2, 0.25) is 0 Å². The van der Waals surface area contributed by atoms with Gasteiger partial charge in [-0.1, -0.05) is 6.07 Å². The molecule has 0 fully saturated rings. The number of nitrogen functional groups attached to an aromatic ring is 1. The predicted molar refractivity (Wildman–Crippen MR) is 80.8 cm³/mol. The largest absolute Gasteiger partial charge is 0.466 e. The second-order valence-corrected chi connectivity index (χ2v) is 4.62. The summed E-state index contributed by atoms with van der Waals surface area (Å²) in [5.41, 5.74) is 14.1. The van der Waals surface area contributed by atoms with Gasteiger partial charge in [-0.05, 0) is 24.6 Å². The number of carbonyl (C=O) groups excluding carboxylic acids is 1. The van der Waals surface area contributed by atoms with Crippen molar-refractivity contribution in [2.75, 3.05) is 12.3 Å². The van der Waals surface area contributed by atoms with Crippen molar-refractivity contribution in [2.45, 2.75) is 26.3 Å². The normalized spacial score (nSPS) is 10.6. The molecule has 0 spiro atoms. The Bertz CT molecular complexity index is 622. The maximum atomic E-state index is 11.4. The molecule has 0 unspecified atom stereocenters. The summed E-state index contributed by atoms with van der Waals surface area (Å²) in [5, 5.41) is 0. The summed E-state index contributed by atoms with van der Waals surface area (Å²) in [7, 11) is 0. The molecule has 0 saturated carbocycles. The molecule has 6 nitrogen and oxygen atoms in total. The molecule has 1 heterocycles. The van der Waals surface area contributed by atoms with Crippen LogP contribution in [0.4, 0.5) is 5.69 Å². The van der Waals surface area contributed by atoms with E-state index in [1.165, 1.54) is 0 Å². The zero-order valence-electron chi connectivity index (χ0n) is 12.1. The van der Waals surface area contributed by atoms with E-state index in [4.69, 9.17) is 16.2 Å². The molecule has 0 aliphatic heterocycles. The van der Waals surface area contributed by atoms with Crippen molar-refractivity contribution in [2.24, 2.45) is 5.73 Å². The van der Waals surface area contributed by atoms with Gasteiger partial charge in [-0.25, -0.2) is 4.98 Å². The van der Waals surface area contributed by atoms with Gasteiger partial charge in [-0.15, -0.1) is 0 Å². The third-order valence-electron chi connectivity index (χ3n) is 3.16. The van der Waals surface area contributed by atoms with Crippen molar-refractivity contribution >= 4 is 11.7 Å². The van der Waals surface area contributed by atoms with Gasteiger partial charge in [0.2, 0.25) is 0 Å². The Morgan fingerprint density at radius 1 is 1.43 bits per heavy atom. The van der Waals surface area contributed by atoms with Gasteiger partial charge in [0.1, 0.15) is 5.82 Å². The number of hydrogen-bond acceptors (Lipinski definition) is 5. The van der Waals surface area contributed by atoms with E-state index in [0.717, 1.165) is 17.1 Å². The zero-order valence-corrected chi connectivity index (χ0v) is 12.1. The summed E-state index contributed by atoms with van der Waals surface area (Å²) in [6.07, 6.45) is 4.32. The van der Waals surface area contributed by atoms with Crippen LogP contribution in [0.25, 0.3) is 5.69 Å². The molecule has 1 aromatic heterocycles. The molecular formula is C15H20N4O2. The van der Waals surface area contributed by atoms with Gasteiger partial charge < -0.3 is 20.8 Å². The first kappa shape index (κ1) is 15.1. The molecule has 0 amide bonds. The van der Waals surface area contributed by atoms with Crippen LogP contribution in [0.5, 0.6) is 0 Å². The summed E-state index contributed by atoms with van der Waals surface area (Å²) in [6, 6.07) is 5.69. The summed E-state index contributed by atoms with van der Waals surface area (Å²) in [5.74, 6) is 0.550. The summed E-state index contributed by atoms with van der Waals surface area (Å²) < 4.78 is 6.81. The Balaban J connectivity index is 2.18. The second-order valence-electron chi connectivity index (χ2n) is 4.62. The van der Waals surface area contributed by atoms with Crippen LogP contribution in [0.3, 0.4) is 0 Å². The predicted octanol–water partition coefficient (Wildman–Crippen LogP) is 1.41. The minimum Gasteiger partial charge on any atom is -0.466 e. The molecule has 0 aliphatic rings. The Kier molecular flexibility index (Phi) is 4.94. The maximum absolute atomic E-state index is 11.4. The average Bonchev–Trinajstić information content (AvgIpc) is 2.93. The van der Waals surface area contributed by atoms with Crippen molar-refractivity contribution in [3.63, 3.8) is 0 Å². The van der Waals surface area contributed by atoms with Crippen LogP contribution in [0.15, 0.2) is 30.6 Å². The molecule has 112 valence electrons. The van der Waals surface area contributed by atoms with Gasteiger partial charge in [-0.2, -0.15) is 0 Å². The molecule has 2 rings (SSSR count). The van der Waals surface area contributed by atoms with E-state index in [1.807, 2.05) is 29.0 Å². The molecule has 2 aromatic rings. The molecule has 0 aliphatic carbocycles. The minimum absolute atomic E-state index is 0.224. The number of hydrogen-bond donors (Lipinski definition) is 2. The van der Waals surface area contributed by atoms with Crippen molar-refractivity contribution < 1.29 is 9.53 Å². The summed E-state index contributed by atoms with van der Waals surface area (Å²) in [4.78, 5) is 15.7. The van der Waals surface area contributed by atoms with Crippen LogP contribution in [-0.4, -0.2) is 22.1 Å². The molecule has 21 heavy (non-hydrogen) atoms. The molecule has 0 atom stereocenters. The van der Waals surface area contributed by atoms with E-state index in [0.29, 0.717) is 31.7 Å². The Hall–Kier alpha value is -2.34. The number of benzene rings is 1. The van der Waals surface area contributed by atoms with Crippen molar-refractivity contribution in [1.82, 2.24) is 9.55 Å². The third kappa shape index (κ3) is 3.61. The third-order valence-corrected chi connectivity index (χ3v) is 3.16. The van der Waals surface area contributed by atoms with Crippen LogP contribution in [0.1, 0.15) is 24.7 Å². The molecule has 0 radical (unpaired) electrons. The first-order chi connectivity index (χ1) is 10.2. The number of nitrogens with zero attached hydrogens (tertiary/aromatic N) is 2. The Labute approximate surface area is 123 Å². The molecule has 0 bridgehead atoms. The quantitative estimate of drug-likeness (QED) is 0.619. The fraction of sp³-hybridized carbons (Fsp3) is 0.333. The number of aryl methyl sites for hydroxylation is 1. The SMILES string of the molecule is CCOC(=O)CCc1nccn1-c1ccc(CN)cc1N. The number of imidazole rings is 1. The van der Waals surface area contributed by atoms with E-state index in [-0.39, 0.29) is 5.97 Å². The van der Waals surface area contributed by atoms with Gasteiger partial charge in [0.25, 0.3) is 0 Å². The first-order valence-corrected chi connectivity index (χ1v) is 6.92. The molecular weight excluding hydrogens is 268 g/mol. The summed E-state index contributed by atoms with van der Waals surface area (Å²) in [6.45, 7) is 2.63. The fourth-order valence-corrected chi connectivity index (χ4v) is 2.14. The Morgan fingerprint density at radius 3 is 2.90 bits per heavy atom. The van der Waals surface area contributed by atoms with Crippen LogP contribution < -0.4 is 11.5 Å². The molecule has 6 heteroatoms. The van der Waals surface area contributed by atoms with E-state index in [1.54, 1.807) is 13.1 Å². The monoisotopic (exact) mass is 288 g/mol. The maximum Gasteiger partial charge on any atom is 0.306 e. The highest BCUT2D eigenvalue weighted by molar-refractivity contribution is 5.69. The lowest BCUT2D eigenvalue weighted by atomic mass is 10.1. The first-order valence-electron chi connectivity index (χ1n) is 6.92. The number of esters is 1. The number of anilines is 1. The van der Waals surface area contributed by atoms with Crippen molar-refractivity contribution in [3.8, 4) is 5.69 Å². The van der Waals surface area contributed by atoms with E-state index in [9.17, 15) is 4.79 Å². The van der Waals surface area contributed by atoms with E-state index >= 15 is 0 Å². The second kappa shape index (κ2) is 6.90. The highest BCUT2D eigenvalue weighted by atomic mass is 16.5. The van der Waals surface area contributed by atoms with Crippen LogP contribution in [0, 0.1) is 0 Å². The Morgan fingerprint density at radius 2 is 2.24 bits per heavy atom. The zero-order chi connectivity index (χ0) is 15.2. The van der Waals surface area contributed by atoms with Crippen LogP contribution in [-0.2, 0) is 22.5 Å². The number of nitrogens with two attached hydrogens (primary N) is 2. The average molecular weight is 288 g/mol. The standard InChI is InChI=1S/C15H20N4O2/c1-2-21-15(20)6-5-14-18-7-8-19(14)13-4-3-11(10-16)9-12(13)17/h3-4,7-9H,2,5-6,10,16-17H2,1H3. The highest BCUT2D eigenvalue weighted by Gasteiger charge is 2.11. The van der Waals surface area contributed by atoms with Crippen molar-refractivity contribution in [1.29, 1.82) is 0 Å². The smallest absolute Gasteiger partial charge is 0.306 e. The number of aromatic nitrogens is 2. The lowest BCUT2D eigenvalue weighted by Crippen LogP contribution is -2.09. The van der Waals surface area contributed by atoms with Gasteiger partial charge in [-0.3, -0.25) is 4.79 Å². The molecule has 4 N–H and O–H groups in total. The van der Waals surface area contributed by atoms with Gasteiger partial charge in [0.05, 0.1) is 24.4 Å².